The van der Waals surface area contributed by atoms with E-state index >= 15 is 0 Å². The number of unbranched alkanes of at least 4 members (excludes halogenated alkanes) is 1. The number of hydrogen-bond acceptors (Lipinski definition) is 6. The Morgan fingerprint density at radius 1 is 0.907 bits per heavy atom. The van der Waals surface area contributed by atoms with E-state index in [4.69, 9.17) is 9.47 Å². The summed E-state index contributed by atoms with van der Waals surface area (Å²) >= 11 is 0. The number of nitrogens with zero attached hydrogens (tertiary/aromatic N) is 2. The van der Waals surface area contributed by atoms with Gasteiger partial charge in [-0.3, -0.25) is 13.9 Å². The van der Waals surface area contributed by atoms with Crippen molar-refractivity contribution in [1.29, 1.82) is 0 Å². The number of carbonyl (C=O) groups is 2. The summed E-state index contributed by atoms with van der Waals surface area (Å²) in [5.74, 6) is -0.307. The van der Waals surface area contributed by atoms with E-state index in [-0.39, 0.29) is 23.0 Å². The second-order valence-electron chi connectivity index (χ2n) is 9.83. The molecule has 0 aromatic heterocycles. The number of ether oxygens (including phenoxy) is 2. The van der Waals surface area contributed by atoms with Gasteiger partial charge in [-0.15, -0.1) is 0 Å². The standard InChI is InChI=1S/C32H40FN3O6S/c1-5-8-21-34-32(38)30(6-2)35(22-24-9-15-27(41-4)16-10-24)31(37)23-36(26-13-17-28(18-14-26)42-7-3)43(39,40)29-19-11-25(33)12-20-29/h9-20,30H,5-8,21-23H2,1-4H3,(H,34,38)/t30-/m1/s1. The van der Waals surface area contributed by atoms with E-state index in [1.807, 2.05) is 13.8 Å². The largest absolute Gasteiger partial charge is 0.497 e. The Hall–Kier alpha value is -4.12. The predicted octanol–water partition coefficient (Wildman–Crippen LogP) is 5.15. The van der Waals surface area contributed by atoms with Gasteiger partial charge in [0.1, 0.15) is 29.9 Å². The van der Waals surface area contributed by atoms with Gasteiger partial charge in [0.05, 0.1) is 24.3 Å². The predicted molar refractivity (Wildman–Crippen MR) is 164 cm³/mol. The molecule has 0 radical (unpaired) electrons. The lowest BCUT2D eigenvalue weighted by atomic mass is 10.1. The molecule has 0 saturated carbocycles. The monoisotopic (exact) mass is 613 g/mol. The molecule has 0 saturated heterocycles. The number of hydrogen-bond donors (Lipinski definition) is 1. The number of halogens is 1. The molecule has 0 aliphatic carbocycles. The average Bonchev–Trinajstić information content (AvgIpc) is 3.01. The third-order valence-electron chi connectivity index (χ3n) is 6.84. The van der Waals surface area contributed by atoms with Gasteiger partial charge in [-0.1, -0.05) is 32.4 Å². The molecule has 9 nitrogen and oxygen atoms in total. The maximum atomic E-state index is 14.1. The number of benzene rings is 3. The maximum absolute atomic E-state index is 14.1. The molecule has 11 heteroatoms. The molecular formula is C32H40FN3O6S. The third kappa shape index (κ3) is 8.93. The smallest absolute Gasteiger partial charge is 0.264 e. The molecule has 232 valence electrons. The Balaban J connectivity index is 2.03. The Morgan fingerprint density at radius 2 is 1.53 bits per heavy atom. The van der Waals surface area contributed by atoms with Crippen molar-refractivity contribution in [3.63, 3.8) is 0 Å². The van der Waals surface area contributed by atoms with Gasteiger partial charge >= 0.3 is 0 Å². The van der Waals surface area contributed by atoms with E-state index < -0.39 is 34.3 Å². The number of rotatable bonds is 16. The molecule has 0 heterocycles. The summed E-state index contributed by atoms with van der Waals surface area (Å²) in [5, 5.41) is 2.90. The highest BCUT2D eigenvalue weighted by Crippen LogP contribution is 2.27. The minimum atomic E-state index is -4.32. The minimum Gasteiger partial charge on any atom is -0.497 e. The lowest BCUT2D eigenvalue weighted by Gasteiger charge is -2.33. The maximum Gasteiger partial charge on any atom is 0.264 e. The lowest BCUT2D eigenvalue weighted by Crippen LogP contribution is -2.52. The number of nitrogens with one attached hydrogen (secondary N) is 1. The Morgan fingerprint density at radius 3 is 2.09 bits per heavy atom. The second kappa shape index (κ2) is 15.9. The van der Waals surface area contributed by atoms with Crippen LogP contribution in [-0.2, 0) is 26.2 Å². The van der Waals surface area contributed by atoms with Crippen LogP contribution in [0, 0.1) is 5.82 Å². The zero-order chi connectivity index (χ0) is 31.4. The van der Waals surface area contributed by atoms with Crippen molar-refractivity contribution in [2.45, 2.75) is 57.5 Å². The van der Waals surface area contributed by atoms with Crippen LogP contribution in [0.4, 0.5) is 10.1 Å². The van der Waals surface area contributed by atoms with Crippen LogP contribution in [0.25, 0.3) is 0 Å². The van der Waals surface area contributed by atoms with Gasteiger partial charge in [0, 0.05) is 13.1 Å². The average molecular weight is 614 g/mol. The zero-order valence-corrected chi connectivity index (χ0v) is 25.9. The van der Waals surface area contributed by atoms with Crippen LogP contribution in [0.15, 0.2) is 77.7 Å². The molecule has 0 bridgehead atoms. The van der Waals surface area contributed by atoms with E-state index in [0.717, 1.165) is 47.0 Å². The fourth-order valence-corrected chi connectivity index (χ4v) is 5.91. The van der Waals surface area contributed by atoms with E-state index in [2.05, 4.69) is 5.32 Å². The molecule has 0 spiro atoms. The summed E-state index contributed by atoms with van der Waals surface area (Å²) in [6.07, 6.45) is 1.99. The van der Waals surface area contributed by atoms with Crippen molar-refractivity contribution in [3.05, 3.63) is 84.2 Å². The third-order valence-corrected chi connectivity index (χ3v) is 8.63. The van der Waals surface area contributed by atoms with Crippen molar-refractivity contribution in [1.82, 2.24) is 10.2 Å². The second-order valence-corrected chi connectivity index (χ2v) is 11.7. The molecule has 3 rings (SSSR count). The highest BCUT2D eigenvalue weighted by Gasteiger charge is 2.33. The van der Waals surface area contributed by atoms with Gasteiger partial charge in [0.2, 0.25) is 11.8 Å². The fraction of sp³-hybridized carbons (Fsp3) is 0.375. The normalized spacial score (nSPS) is 11.8. The first-order valence-corrected chi connectivity index (χ1v) is 15.8. The quantitative estimate of drug-likeness (QED) is 0.224. The number of amides is 2. The molecule has 0 aliphatic heterocycles. The van der Waals surface area contributed by atoms with Gasteiger partial charge < -0.3 is 19.7 Å². The van der Waals surface area contributed by atoms with Gasteiger partial charge in [0.15, 0.2) is 0 Å². The summed E-state index contributed by atoms with van der Waals surface area (Å²) < 4.78 is 53.2. The Bertz CT molecular complexity index is 1430. The van der Waals surface area contributed by atoms with Crippen LogP contribution in [0.5, 0.6) is 11.5 Å². The highest BCUT2D eigenvalue weighted by atomic mass is 32.2. The number of anilines is 1. The molecule has 3 aromatic rings. The molecule has 0 unspecified atom stereocenters. The zero-order valence-electron chi connectivity index (χ0n) is 25.1. The fourth-order valence-electron chi connectivity index (χ4n) is 4.49. The first-order chi connectivity index (χ1) is 20.6. The molecule has 0 fully saturated rings. The van der Waals surface area contributed by atoms with Crippen LogP contribution >= 0.6 is 0 Å². The summed E-state index contributed by atoms with van der Waals surface area (Å²) in [6, 6.07) is 17.0. The summed E-state index contributed by atoms with van der Waals surface area (Å²) in [6.45, 7) is 6.01. The first-order valence-electron chi connectivity index (χ1n) is 14.4. The number of methoxy groups -OCH3 is 1. The van der Waals surface area contributed by atoms with Gasteiger partial charge in [-0.05, 0) is 86.0 Å². The molecule has 2 amide bonds. The van der Waals surface area contributed by atoms with Crippen LogP contribution in [0.3, 0.4) is 0 Å². The van der Waals surface area contributed by atoms with E-state index in [9.17, 15) is 22.4 Å². The molecule has 1 atom stereocenters. The Kier molecular flexibility index (Phi) is 12.4. The molecule has 43 heavy (non-hydrogen) atoms. The molecule has 3 aromatic carbocycles. The van der Waals surface area contributed by atoms with Crippen molar-refractivity contribution >= 4 is 27.5 Å². The molecular weight excluding hydrogens is 573 g/mol. The van der Waals surface area contributed by atoms with Crippen LogP contribution in [0.1, 0.15) is 45.6 Å². The van der Waals surface area contributed by atoms with Gasteiger partial charge in [-0.25, -0.2) is 12.8 Å². The first kappa shape index (κ1) is 33.4. The SMILES string of the molecule is CCCCNC(=O)[C@@H](CC)N(Cc1ccc(OC)cc1)C(=O)CN(c1ccc(OCC)cc1)S(=O)(=O)c1ccc(F)cc1. The lowest BCUT2D eigenvalue weighted by molar-refractivity contribution is -0.140. The summed E-state index contributed by atoms with van der Waals surface area (Å²) in [5.41, 5.74) is 0.953. The highest BCUT2D eigenvalue weighted by molar-refractivity contribution is 7.92. The minimum absolute atomic E-state index is 0.0657. The van der Waals surface area contributed by atoms with Crippen LogP contribution in [-0.4, -0.2) is 58.0 Å². The van der Waals surface area contributed by atoms with Gasteiger partial charge in [-0.2, -0.15) is 0 Å². The van der Waals surface area contributed by atoms with Crippen molar-refractivity contribution in [3.8, 4) is 11.5 Å². The van der Waals surface area contributed by atoms with Crippen LogP contribution in [0.2, 0.25) is 0 Å². The number of carbonyl (C=O) groups excluding carboxylic acids is 2. The Labute approximate surface area is 253 Å². The van der Waals surface area contributed by atoms with Crippen molar-refractivity contribution in [2.75, 3.05) is 31.1 Å². The summed E-state index contributed by atoms with van der Waals surface area (Å²) in [7, 11) is -2.76. The number of sulfonamides is 1. The molecule has 0 aliphatic rings. The van der Waals surface area contributed by atoms with E-state index in [0.29, 0.717) is 31.1 Å². The van der Waals surface area contributed by atoms with Crippen molar-refractivity contribution < 1.29 is 31.9 Å². The topological polar surface area (TPSA) is 105 Å². The van der Waals surface area contributed by atoms with Gasteiger partial charge in [0.25, 0.3) is 10.0 Å². The van der Waals surface area contributed by atoms with Crippen molar-refractivity contribution in [2.24, 2.45) is 0 Å². The van der Waals surface area contributed by atoms with E-state index in [1.165, 1.54) is 4.90 Å². The molecule has 1 N–H and O–H groups in total. The van der Waals surface area contributed by atoms with E-state index in [1.54, 1.807) is 62.6 Å². The summed E-state index contributed by atoms with van der Waals surface area (Å²) in [4.78, 5) is 28.6. The van der Waals surface area contributed by atoms with Crippen LogP contribution < -0.4 is 19.1 Å².